The Morgan fingerprint density at radius 1 is 0.971 bits per heavy atom. The number of benzene rings is 2. The number of nitrogens with one attached hydrogen (secondary N) is 2. The molecule has 182 valence electrons. The van der Waals surface area contributed by atoms with Crippen LogP contribution in [0.15, 0.2) is 47.4 Å². The van der Waals surface area contributed by atoms with Crippen LogP contribution in [0.25, 0.3) is 0 Å². The van der Waals surface area contributed by atoms with Crippen LogP contribution in [0.5, 0.6) is 0 Å². The summed E-state index contributed by atoms with van der Waals surface area (Å²) in [6.45, 7) is 5.34. The molecule has 0 atom stereocenters. The molecule has 0 aromatic heterocycles. The van der Waals surface area contributed by atoms with Crippen molar-refractivity contribution in [1.82, 2.24) is 10.2 Å². The fraction of sp³-hybridized carbons (Fsp3) is 0.462. The van der Waals surface area contributed by atoms with E-state index in [1.807, 2.05) is 37.3 Å². The minimum Gasteiger partial charge on any atom is -0.351 e. The first-order valence-corrected chi connectivity index (χ1v) is 13.5. The Bertz CT molecular complexity index is 1180. The Labute approximate surface area is 201 Å². The second-order valence-corrected chi connectivity index (χ2v) is 11.7. The van der Waals surface area contributed by atoms with E-state index < -0.39 is 20.5 Å². The standard InChI is InChI=1S/C26H33N3O4S/c1-19-10-11-20(2)23(16-19)34(32,33)26(12-3-4-13-26)24(30)27-18-21-8-7-9-22(17-21)28-25(31)29-14-5-6-15-29/h7-11,16-17H,3-6,12-15,18H2,1-2H3,(H,27,30)(H,28,31). The van der Waals surface area contributed by atoms with E-state index in [-0.39, 0.29) is 17.5 Å². The molecule has 0 radical (unpaired) electrons. The summed E-state index contributed by atoms with van der Waals surface area (Å²) in [7, 11) is -3.87. The van der Waals surface area contributed by atoms with E-state index in [1.54, 1.807) is 24.0 Å². The first kappa shape index (κ1) is 24.3. The van der Waals surface area contributed by atoms with Crippen LogP contribution in [-0.2, 0) is 21.2 Å². The van der Waals surface area contributed by atoms with Gasteiger partial charge in [-0.2, -0.15) is 0 Å². The summed E-state index contributed by atoms with van der Waals surface area (Å²) in [5.41, 5.74) is 2.96. The van der Waals surface area contributed by atoms with Gasteiger partial charge in [0.15, 0.2) is 14.6 Å². The van der Waals surface area contributed by atoms with Crippen LogP contribution in [0.1, 0.15) is 55.2 Å². The van der Waals surface area contributed by atoms with Gasteiger partial charge in [-0.1, -0.05) is 37.1 Å². The Morgan fingerprint density at radius 2 is 1.68 bits per heavy atom. The highest BCUT2D eigenvalue weighted by Crippen LogP contribution is 2.41. The Kier molecular flexibility index (Phi) is 6.98. The average molecular weight is 484 g/mol. The largest absolute Gasteiger partial charge is 0.351 e. The lowest BCUT2D eigenvalue weighted by Gasteiger charge is -2.28. The number of urea groups is 1. The van der Waals surface area contributed by atoms with Gasteiger partial charge in [-0.3, -0.25) is 4.79 Å². The van der Waals surface area contributed by atoms with Crippen LogP contribution in [0, 0.1) is 13.8 Å². The third-order valence-corrected chi connectivity index (χ3v) is 9.64. The molecule has 0 bridgehead atoms. The number of carbonyl (C=O) groups is 2. The minimum absolute atomic E-state index is 0.122. The molecule has 4 rings (SSSR count). The van der Waals surface area contributed by atoms with E-state index in [2.05, 4.69) is 10.6 Å². The van der Waals surface area contributed by atoms with Crippen molar-refractivity contribution in [2.75, 3.05) is 18.4 Å². The molecule has 1 saturated carbocycles. The predicted molar refractivity (Wildman–Crippen MR) is 132 cm³/mol. The fourth-order valence-corrected chi connectivity index (χ4v) is 7.39. The number of amides is 3. The molecule has 2 aromatic carbocycles. The minimum atomic E-state index is -3.87. The number of likely N-dealkylation sites (tertiary alicyclic amines) is 1. The highest BCUT2D eigenvalue weighted by atomic mass is 32.2. The number of hydrogen-bond donors (Lipinski definition) is 2. The maximum atomic E-state index is 13.8. The zero-order valence-electron chi connectivity index (χ0n) is 19.9. The van der Waals surface area contributed by atoms with Gasteiger partial charge in [0.25, 0.3) is 0 Å². The predicted octanol–water partition coefficient (Wildman–Crippen LogP) is 4.33. The van der Waals surface area contributed by atoms with Gasteiger partial charge in [-0.25, -0.2) is 13.2 Å². The van der Waals surface area contributed by atoms with E-state index in [0.29, 0.717) is 36.9 Å². The van der Waals surface area contributed by atoms with Crippen molar-refractivity contribution in [1.29, 1.82) is 0 Å². The molecule has 2 aliphatic rings. The maximum Gasteiger partial charge on any atom is 0.321 e. The number of sulfone groups is 1. The summed E-state index contributed by atoms with van der Waals surface area (Å²) in [4.78, 5) is 27.8. The SMILES string of the molecule is Cc1ccc(C)c(S(=O)(=O)C2(C(=O)NCc3cccc(NC(=O)N4CCCC4)c3)CCCC2)c1. The highest BCUT2D eigenvalue weighted by Gasteiger charge is 2.53. The van der Waals surface area contributed by atoms with Gasteiger partial charge in [0, 0.05) is 25.3 Å². The number of carbonyl (C=O) groups excluding carboxylic acids is 2. The third kappa shape index (κ3) is 4.69. The number of hydrogen-bond acceptors (Lipinski definition) is 4. The van der Waals surface area contributed by atoms with Crippen LogP contribution in [0.3, 0.4) is 0 Å². The zero-order valence-corrected chi connectivity index (χ0v) is 20.7. The molecule has 34 heavy (non-hydrogen) atoms. The first-order valence-electron chi connectivity index (χ1n) is 12.0. The zero-order chi connectivity index (χ0) is 24.3. The molecule has 1 saturated heterocycles. The van der Waals surface area contributed by atoms with Gasteiger partial charge in [-0.05, 0) is 74.4 Å². The molecule has 1 aliphatic heterocycles. The normalized spacial score (nSPS) is 17.5. The number of nitrogens with zero attached hydrogens (tertiary/aromatic N) is 1. The number of rotatable bonds is 6. The lowest BCUT2D eigenvalue weighted by Crippen LogP contribution is -2.50. The summed E-state index contributed by atoms with van der Waals surface area (Å²) in [5, 5.41) is 5.80. The van der Waals surface area contributed by atoms with Crippen molar-refractivity contribution in [2.45, 2.75) is 68.6 Å². The topological polar surface area (TPSA) is 95.6 Å². The van der Waals surface area contributed by atoms with Crippen molar-refractivity contribution in [3.8, 4) is 0 Å². The molecule has 1 aliphatic carbocycles. The van der Waals surface area contributed by atoms with Gasteiger partial charge in [0.2, 0.25) is 5.91 Å². The molecular formula is C26H33N3O4S. The quantitative estimate of drug-likeness (QED) is 0.639. The maximum absolute atomic E-state index is 13.8. The molecule has 7 nitrogen and oxygen atoms in total. The molecular weight excluding hydrogens is 450 g/mol. The van der Waals surface area contributed by atoms with Gasteiger partial charge >= 0.3 is 6.03 Å². The molecule has 1 heterocycles. The van der Waals surface area contributed by atoms with Gasteiger partial charge < -0.3 is 15.5 Å². The van der Waals surface area contributed by atoms with E-state index in [4.69, 9.17) is 0 Å². The summed E-state index contributed by atoms with van der Waals surface area (Å²) in [6.07, 6.45) is 4.09. The van der Waals surface area contributed by atoms with Crippen LogP contribution in [0.4, 0.5) is 10.5 Å². The number of aryl methyl sites for hydroxylation is 2. The van der Waals surface area contributed by atoms with Crippen LogP contribution >= 0.6 is 0 Å². The summed E-state index contributed by atoms with van der Waals surface area (Å²) < 4.78 is 26.1. The molecule has 8 heteroatoms. The molecule has 0 unspecified atom stereocenters. The Morgan fingerprint density at radius 3 is 2.38 bits per heavy atom. The van der Waals surface area contributed by atoms with E-state index >= 15 is 0 Å². The van der Waals surface area contributed by atoms with Crippen LogP contribution in [-0.4, -0.2) is 43.1 Å². The second-order valence-electron chi connectivity index (χ2n) is 9.48. The van der Waals surface area contributed by atoms with Crippen LogP contribution in [0.2, 0.25) is 0 Å². The second kappa shape index (κ2) is 9.78. The summed E-state index contributed by atoms with van der Waals surface area (Å²) in [5.74, 6) is -0.447. The van der Waals surface area contributed by atoms with Crippen molar-refractivity contribution >= 4 is 27.5 Å². The van der Waals surface area contributed by atoms with Gasteiger partial charge in [-0.15, -0.1) is 0 Å². The summed E-state index contributed by atoms with van der Waals surface area (Å²) >= 11 is 0. The van der Waals surface area contributed by atoms with Gasteiger partial charge in [0.05, 0.1) is 4.90 Å². The summed E-state index contributed by atoms with van der Waals surface area (Å²) in [6, 6.07) is 12.5. The van der Waals surface area contributed by atoms with Crippen molar-refractivity contribution in [2.24, 2.45) is 0 Å². The number of anilines is 1. The monoisotopic (exact) mass is 483 g/mol. The molecule has 2 N–H and O–H groups in total. The van der Waals surface area contributed by atoms with Gasteiger partial charge in [0.1, 0.15) is 0 Å². The molecule has 0 spiro atoms. The Balaban J connectivity index is 1.50. The molecule has 2 fully saturated rings. The van der Waals surface area contributed by atoms with Crippen molar-refractivity contribution in [3.05, 3.63) is 59.2 Å². The van der Waals surface area contributed by atoms with Crippen molar-refractivity contribution in [3.63, 3.8) is 0 Å². The lowest BCUT2D eigenvalue weighted by molar-refractivity contribution is -0.123. The fourth-order valence-electron chi connectivity index (χ4n) is 5.00. The van der Waals surface area contributed by atoms with E-state index in [9.17, 15) is 18.0 Å². The lowest BCUT2D eigenvalue weighted by atomic mass is 10.1. The first-order chi connectivity index (χ1) is 16.2. The molecule has 3 amide bonds. The Hall–Kier alpha value is -2.87. The third-order valence-electron chi connectivity index (χ3n) is 7.00. The van der Waals surface area contributed by atoms with Crippen molar-refractivity contribution < 1.29 is 18.0 Å². The molecule has 2 aromatic rings. The average Bonchev–Trinajstić information content (AvgIpc) is 3.52. The highest BCUT2D eigenvalue weighted by molar-refractivity contribution is 7.93. The smallest absolute Gasteiger partial charge is 0.321 e. The van der Waals surface area contributed by atoms with E-state index in [1.165, 1.54) is 0 Å². The van der Waals surface area contributed by atoms with E-state index in [0.717, 1.165) is 37.1 Å². The van der Waals surface area contributed by atoms with Crippen LogP contribution < -0.4 is 10.6 Å².